The summed E-state index contributed by atoms with van der Waals surface area (Å²) < 4.78 is 10.7. The Kier molecular flexibility index (Phi) is 18.9. The molecule has 200 valence electrons. The van der Waals surface area contributed by atoms with E-state index in [-0.39, 0.29) is 0 Å². The molecule has 2 rings (SSSR count). The molecule has 0 saturated heterocycles. The minimum absolute atomic E-state index is 0.293. The quantitative estimate of drug-likeness (QED) is 0.162. The molecular weight excluding hydrogens is 448 g/mol. The van der Waals surface area contributed by atoms with Gasteiger partial charge in [-0.2, -0.15) is 0 Å². The Labute approximate surface area is 219 Å². The molecule has 0 radical (unpaired) electrons. The largest absolute Gasteiger partial charge is 0.462 e. The lowest BCUT2D eigenvalue weighted by Gasteiger charge is -2.10. The maximum absolute atomic E-state index is 12.4. The normalized spacial score (nSPS) is 10.3. The van der Waals surface area contributed by atoms with Crippen LogP contribution in [0.5, 0.6) is 0 Å². The van der Waals surface area contributed by atoms with Crippen molar-refractivity contribution in [2.75, 3.05) is 13.2 Å². The molecule has 0 bridgehead atoms. The fourth-order valence-corrected chi connectivity index (χ4v) is 3.80. The molecule has 0 atom stereocenters. The van der Waals surface area contributed by atoms with Gasteiger partial charge in [0.25, 0.3) is 0 Å². The van der Waals surface area contributed by atoms with Gasteiger partial charge in [0.1, 0.15) is 0 Å². The van der Waals surface area contributed by atoms with E-state index in [0.717, 1.165) is 32.1 Å². The molecule has 0 amide bonds. The lowest BCUT2D eigenvalue weighted by Crippen LogP contribution is -2.15. The van der Waals surface area contributed by atoms with Crippen molar-refractivity contribution in [1.29, 1.82) is 0 Å². The van der Waals surface area contributed by atoms with Gasteiger partial charge in [-0.15, -0.1) is 0 Å². The maximum Gasteiger partial charge on any atom is 0.339 e. The third-order valence-corrected chi connectivity index (χ3v) is 6.08. The average Bonchev–Trinajstić information content (AvgIpc) is 2.92. The SMILES string of the molecule is CCCCCCCCOC(=O)c1ccccc1C(=O)OCCCCCCCC.CCc1ccccc1. The Hall–Kier alpha value is -2.62. The molecule has 2 aromatic rings. The lowest BCUT2D eigenvalue weighted by atomic mass is 10.1. The summed E-state index contributed by atoms with van der Waals surface area (Å²) in [7, 11) is 0. The number of carbonyl (C=O) groups excluding carboxylic acids is 2. The number of benzene rings is 2. The molecule has 0 heterocycles. The minimum Gasteiger partial charge on any atom is -0.462 e. The number of rotatable bonds is 17. The molecular formula is C32H48O4. The number of ether oxygens (including phenoxy) is 2. The second kappa shape index (κ2) is 21.6. The summed E-state index contributed by atoms with van der Waals surface area (Å²) in [5, 5.41) is 0. The number of esters is 2. The Morgan fingerprint density at radius 3 is 1.31 bits per heavy atom. The van der Waals surface area contributed by atoms with Crippen molar-refractivity contribution >= 4 is 11.9 Å². The van der Waals surface area contributed by atoms with Crippen molar-refractivity contribution < 1.29 is 19.1 Å². The van der Waals surface area contributed by atoms with Crippen LogP contribution in [-0.2, 0) is 15.9 Å². The van der Waals surface area contributed by atoms with Crippen molar-refractivity contribution in [3.63, 3.8) is 0 Å². The van der Waals surface area contributed by atoms with Gasteiger partial charge in [0.15, 0.2) is 0 Å². The molecule has 4 heteroatoms. The van der Waals surface area contributed by atoms with Crippen LogP contribution in [0.15, 0.2) is 54.6 Å². The van der Waals surface area contributed by atoms with Crippen LogP contribution in [0.2, 0.25) is 0 Å². The van der Waals surface area contributed by atoms with Gasteiger partial charge in [-0.05, 0) is 37.0 Å². The Balaban J connectivity index is 0.000000681. The van der Waals surface area contributed by atoms with Gasteiger partial charge >= 0.3 is 11.9 Å². The number of hydrogen-bond acceptors (Lipinski definition) is 4. The zero-order valence-corrected chi connectivity index (χ0v) is 22.9. The lowest BCUT2D eigenvalue weighted by molar-refractivity contribution is 0.0450. The van der Waals surface area contributed by atoms with E-state index in [1.165, 1.54) is 56.9 Å². The highest BCUT2D eigenvalue weighted by Gasteiger charge is 2.18. The Bertz CT molecular complexity index is 767. The topological polar surface area (TPSA) is 52.6 Å². The van der Waals surface area contributed by atoms with Crippen molar-refractivity contribution in [1.82, 2.24) is 0 Å². The van der Waals surface area contributed by atoms with Gasteiger partial charge in [0.2, 0.25) is 0 Å². The number of hydrogen-bond donors (Lipinski definition) is 0. The summed E-state index contributed by atoms with van der Waals surface area (Å²) in [6, 6.07) is 17.2. The smallest absolute Gasteiger partial charge is 0.339 e. The van der Waals surface area contributed by atoms with Gasteiger partial charge < -0.3 is 9.47 Å². The second-order valence-corrected chi connectivity index (χ2v) is 9.19. The maximum atomic E-state index is 12.4. The van der Waals surface area contributed by atoms with Crippen LogP contribution >= 0.6 is 0 Å². The fraction of sp³-hybridized carbons (Fsp3) is 0.562. The molecule has 0 unspecified atom stereocenters. The third-order valence-electron chi connectivity index (χ3n) is 6.08. The first-order valence-corrected chi connectivity index (χ1v) is 14.1. The summed E-state index contributed by atoms with van der Waals surface area (Å²) >= 11 is 0. The standard InChI is InChI=1S/C24H38O4.C8H10/c1-3-5-7-9-11-15-19-27-23(25)21-17-13-14-18-22(21)24(26)28-20-16-12-10-8-6-4-2;1-2-8-6-4-3-5-7-8/h13-14,17-18H,3-12,15-16,19-20H2,1-2H3;3-7H,2H2,1H3. The van der Waals surface area contributed by atoms with Gasteiger partial charge in [-0.3, -0.25) is 0 Å². The molecule has 0 aliphatic rings. The first-order chi connectivity index (χ1) is 17.6. The number of unbranched alkanes of at least 4 members (excludes halogenated alkanes) is 10. The van der Waals surface area contributed by atoms with Crippen LogP contribution < -0.4 is 0 Å². The predicted molar refractivity (Wildman–Crippen MR) is 150 cm³/mol. The average molecular weight is 497 g/mol. The van der Waals surface area contributed by atoms with E-state index in [4.69, 9.17) is 9.47 Å². The molecule has 0 spiro atoms. The van der Waals surface area contributed by atoms with Gasteiger partial charge in [-0.1, -0.05) is 127 Å². The Morgan fingerprint density at radius 1 is 0.528 bits per heavy atom. The summed E-state index contributed by atoms with van der Waals surface area (Å²) in [5.74, 6) is -0.888. The van der Waals surface area contributed by atoms with Crippen LogP contribution in [0.4, 0.5) is 0 Å². The van der Waals surface area contributed by atoms with E-state index in [1.54, 1.807) is 24.3 Å². The molecule has 0 saturated carbocycles. The molecule has 36 heavy (non-hydrogen) atoms. The van der Waals surface area contributed by atoms with E-state index in [9.17, 15) is 9.59 Å². The van der Waals surface area contributed by atoms with Crippen LogP contribution in [0.3, 0.4) is 0 Å². The van der Waals surface area contributed by atoms with E-state index in [2.05, 4.69) is 45.0 Å². The molecule has 2 aromatic carbocycles. The van der Waals surface area contributed by atoms with Crippen molar-refractivity contribution in [3.05, 3.63) is 71.3 Å². The van der Waals surface area contributed by atoms with Crippen LogP contribution in [0.1, 0.15) is 124 Å². The van der Waals surface area contributed by atoms with Crippen LogP contribution in [0.25, 0.3) is 0 Å². The van der Waals surface area contributed by atoms with E-state index < -0.39 is 11.9 Å². The molecule has 4 nitrogen and oxygen atoms in total. The van der Waals surface area contributed by atoms with Crippen molar-refractivity contribution in [2.24, 2.45) is 0 Å². The molecule has 0 aliphatic carbocycles. The Morgan fingerprint density at radius 2 is 0.917 bits per heavy atom. The highest BCUT2D eigenvalue weighted by molar-refractivity contribution is 6.03. The third kappa shape index (κ3) is 14.7. The summed E-state index contributed by atoms with van der Waals surface area (Å²) in [6.45, 7) is 7.34. The second-order valence-electron chi connectivity index (χ2n) is 9.19. The summed E-state index contributed by atoms with van der Waals surface area (Å²) in [4.78, 5) is 24.7. The van der Waals surface area contributed by atoms with Crippen molar-refractivity contribution in [2.45, 2.75) is 104 Å². The first-order valence-electron chi connectivity index (χ1n) is 14.1. The zero-order chi connectivity index (χ0) is 26.3. The molecule has 0 N–H and O–H groups in total. The van der Waals surface area contributed by atoms with Gasteiger partial charge in [-0.25, -0.2) is 9.59 Å². The molecule has 0 aromatic heterocycles. The number of carbonyl (C=O) groups is 2. The summed E-state index contributed by atoms with van der Waals surface area (Å²) in [5.41, 5.74) is 2.00. The molecule has 0 aliphatic heterocycles. The zero-order valence-electron chi connectivity index (χ0n) is 22.9. The van der Waals surface area contributed by atoms with Gasteiger partial charge in [0, 0.05) is 0 Å². The molecule has 0 fully saturated rings. The van der Waals surface area contributed by atoms with E-state index >= 15 is 0 Å². The number of aryl methyl sites for hydroxylation is 1. The minimum atomic E-state index is -0.444. The highest BCUT2D eigenvalue weighted by Crippen LogP contribution is 2.14. The predicted octanol–water partition coefficient (Wildman–Crippen LogP) is 8.97. The first kappa shape index (κ1) is 31.4. The highest BCUT2D eigenvalue weighted by atomic mass is 16.5. The fourth-order valence-electron chi connectivity index (χ4n) is 3.80. The summed E-state index contributed by atoms with van der Waals surface area (Å²) in [6.07, 6.45) is 14.8. The van der Waals surface area contributed by atoms with Crippen molar-refractivity contribution in [3.8, 4) is 0 Å². The van der Waals surface area contributed by atoms with Gasteiger partial charge in [0.05, 0.1) is 24.3 Å². The van der Waals surface area contributed by atoms with Crippen LogP contribution in [-0.4, -0.2) is 25.2 Å². The van der Waals surface area contributed by atoms with E-state index in [0.29, 0.717) is 24.3 Å². The van der Waals surface area contributed by atoms with Crippen LogP contribution in [0, 0.1) is 0 Å². The monoisotopic (exact) mass is 496 g/mol. The van der Waals surface area contributed by atoms with E-state index in [1.807, 2.05) is 6.07 Å².